The molecule has 2 N–H and O–H groups in total. The number of piperidine rings is 1. The van der Waals surface area contributed by atoms with Crippen molar-refractivity contribution in [2.45, 2.75) is 52.1 Å². The van der Waals surface area contributed by atoms with Crippen molar-refractivity contribution in [2.24, 2.45) is 4.99 Å². The molecule has 0 aromatic heterocycles. The summed E-state index contributed by atoms with van der Waals surface area (Å²) < 4.78 is 0. The van der Waals surface area contributed by atoms with Crippen LogP contribution in [0, 0.1) is 0 Å². The Morgan fingerprint density at radius 2 is 1.58 bits per heavy atom. The Hall–Kier alpha value is -1.63. The summed E-state index contributed by atoms with van der Waals surface area (Å²) in [7, 11) is 2.23. The van der Waals surface area contributed by atoms with Crippen molar-refractivity contribution in [3.05, 3.63) is 35.4 Å². The maximum absolute atomic E-state index is 4.80. The molecule has 3 rings (SSSR count). The zero-order valence-corrected chi connectivity index (χ0v) is 19.9. The van der Waals surface area contributed by atoms with Crippen LogP contribution < -0.4 is 10.6 Å². The zero-order valence-electron chi connectivity index (χ0n) is 19.9. The second-order valence-electron chi connectivity index (χ2n) is 9.13. The molecule has 1 aromatic carbocycles. The molecular formula is C25H44N6. The van der Waals surface area contributed by atoms with Gasteiger partial charge in [-0.2, -0.15) is 0 Å². The monoisotopic (exact) mass is 428 g/mol. The Bertz CT molecular complexity index is 638. The number of likely N-dealkylation sites (tertiary alicyclic amines) is 1. The number of aliphatic imine (C=N–C) groups is 1. The van der Waals surface area contributed by atoms with E-state index >= 15 is 0 Å². The first-order chi connectivity index (χ1) is 15.2. The van der Waals surface area contributed by atoms with Crippen molar-refractivity contribution < 1.29 is 0 Å². The molecule has 6 heteroatoms. The Balaban J connectivity index is 1.39. The lowest BCUT2D eigenvalue weighted by molar-refractivity contribution is 0.221. The third-order valence-corrected chi connectivity index (χ3v) is 6.40. The summed E-state index contributed by atoms with van der Waals surface area (Å²) in [4.78, 5) is 12.4. The van der Waals surface area contributed by atoms with Gasteiger partial charge in [-0.1, -0.05) is 30.7 Å². The first-order valence-corrected chi connectivity index (χ1v) is 12.5. The summed E-state index contributed by atoms with van der Waals surface area (Å²) in [6, 6.07) is 9.03. The van der Waals surface area contributed by atoms with E-state index < -0.39 is 0 Å². The number of nitrogens with zero attached hydrogens (tertiary/aromatic N) is 4. The molecule has 0 unspecified atom stereocenters. The standard InChI is InChI=1S/C25H44N6/c1-3-26-25(27-13-7-17-30-18-8-14-29(2)19-20-30)28-21-23-9-11-24(12-10-23)22-31-15-5-4-6-16-31/h9-12H,3-8,13-22H2,1-2H3,(H2,26,27,28). The topological polar surface area (TPSA) is 46.1 Å². The van der Waals surface area contributed by atoms with E-state index in [1.54, 1.807) is 0 Å². The van der Waals surface area contributed by atoms with Crippen LogP contribution >= 0.6 is 0 Å². The maximum Gasteiger partial charge on any atom is 0.191 e. The highest BCUT2D eigenvalue weighted by Gasteiger charge is 2.12. The van der Waals surface area contributed by atoms with E-state index in [1.807, 2.05) is 0 Å². The van der Waals surface area contributed by atoms with E-state index in [1.165, 1.54) is 82.6 Å². The summed E-state index contributed by atoms with van der Waals surface area (Å²) >= 11 is 0. The van der Waals surface area contributed by atoms with Crippen LogP contribution in [0.15, 0.2) is 29.3 Å². The predicted molar refractivity (Wildman–Crippen MR) is 132 cm³/mol. The van der Waals surface area contributed by atoms with Gasteiger partial charge in [0.25, 0.3) is 0 Å². The van der Waals surface area contributed by atoms with Crippen LogP contribution in [-0.2, 0) is 13.1 Å². The molecule has 0 aliphatic carbocycles. The molecule has 31 heavy (non-hydrogen) atoms. The molecular weight excluding hydrogens is 384 g/mol. The second kappa shape index (κ2) is 13.7. The van der Waals surface area contributed by atoms with Crippen molar-refractivity contribution in [1.82, 2.24) is 25.3 Å². The summed E-state index contributed by atoms with van der Waals surface area (Å²) in [5.74, 6) is 0.926. The lowest BCUT2D eigenvalue weighted by Crippen LogP contribution is -2.39. The quantitative estimate of drug-likeness (QED) is 0.360. The van der Waals surface area contributed by atoms with E-state index in [0.29, 0.717) is 0 Å². The van der Waals surface area contributed by atoms with Crippen LogP contribution in [0.25, 0.3) is 0 Å². The Morgan fingerprint density at radius 3 is 2.35 bits per heavy atom. The van der Waals surface area contributed by atoms with Gasteiger partial charge in [0, 0.05) is 32.7 Å². The van der Waals surface area contributed by atoms with E-state index in [0.717, 1.165) is 38.6 Å². The number of hydrogen-bond donors (Lipinski definition) is 2. The molecule has 174 valence electrons. The van der Waals surface area contributed by atoms with E-state index in [2.05, 4.69) is 63.6 Å². The molecule has 0 spiro atoms. The van der Waals surface area contributed by atoms with Crippen molar-refractivity contribution in [3.63, 3.8) is 0 Å². The smallest absolute Gasteiger partial charge is 0.191 e. The highest BCUT2D eigenvalue weighted by Crippen LogP contribution is 2.14. The van der Waals surface area contributed by atoms with Crippen LogP contribution in [0.1, 0.15) is 50.2 Å². The number of benzene rings is 1. The molecule has 2 heterocycles. The largest absolute Gasteiger partial charge is 0.357 e. The second-order valence-corrected chi connectivity index (χ2v) is 9.13. The fraction of sp³-hybridized carbons (Fsp3) is 0.720. The van der Waals surface area contributed by atoms with Crippen LogP contribution in [0.5, 0.6) is 0 Å². The Labute approximate surface area is 190 Å². The molecule has 2 fully saturated rings. The Morgan fingerprint density at radius 1 is 0.839 bits per heavy atom. The predicted octanol–water partition coefficient (Wildman–Crippen LogP) is 2.76. The van der Waals surface area contributed by atoms with E-state index in [-0.39, 0.29) is 0 Å². The molecule has 0 saturated carbocycles. The van der Waals surface area contributed by atoms with Crippen LogP contribution in [0.2, 0.25) is 0 Å². The minimum atomic E-state index is 0.720. The minimum absolute atomic E-state index is 0.720. The fourth-order valence-electron chi connectivity index (χ4n) is 4.47. The van der Waals surface area contributed by atoms with Crippen LogP contribution in [0.4, 0.5) is 0 Å². The molecule has 2 saturated heterocycles. The zero-order chi connectivity index (χ0) is 21.7. The van der Waals surface area contributed by atoms with Gasteiger partial charge in [-0.3, -0.25) is 4.90 Å². The van der Waals surface area contributed by atoms with Crippen LogP contribution in [-0.4, -0.2) is 86.6 Å². The average molecular weight is 429 g/mol. The lowest BCUT2D eigenvalue weighted by Gasteiger charge is -2.26. The van der Waals surface area contributed by atoms with E-state index in [9.17, 15) is 0 Å². The molecule has 6 nitrogen and oxygen atoms in total. The van der Waals surface area contributed by atoms with Crippen molar-refractivity contribution >= 4 is 5.96 Å². The van der Waals surface area contributed by atoms with Gasteiger partial charge in [-0.25, -0.2) is 4.99 Å². The summed E-state index contributed by atoms with van der Waals surface area (Å²) in [6.45, 7) is 14.3. The fourth-order valence-corrected chi connectivity index (χ4v) is 4.47. The maximum atomic E-state index is 4.80. The van der Waals surface area contributed by atoms with Gasteiger partial charge < -0.3 is 20.4 Å². The molecule has 0 bridgehead atoms. The SMILES string of the molecule is CCNC(=NCc1ccc(CN2CCCCC2)cc1)NCCCN1CCCN(C)CC1. The number of guanidine groups is 1. The van der Waals surface area contributed by atoms with Gasteiger partial charge in [-0.15, -0.1) is 0 Å². The van der Waals surface area contributed by atoms with Gasteiger partial charge >= 0.3 is 0 Å². The van der Waals surface area contributed by atoms with Crippen molar-refractivity contribution in [1.29, 1.82) is 0 Å². The highest BCUT2D eigenvalue weighted by molar-refractivity contribution is 5.79. The van der Waals surface area contributed by atoms with Crippen LogP contribution in [0.3, 0.4) is 0 Å². The van der Waals surface area contributed by atoms with Gasteiger partial charge in [0.05, 0.1) is 6.54 Å². The molecule has 0 amide bonds. The Kier molecular flexibility index (Phi) is 10.6. The third-order valence-electron chi connectivity index (χ3n) is 6.40. The normalized spacial score (nSPS) is 19.9. The van der Waals surface area contributed by atoms with Gasteiger partial charge in [0.2, 0.25) is 0 Å². The summed E-state index contributed by atoms with van der Waals surface area (Å²) in [5.41, 5.74) is 2.69. The third kappa shape index (κ3) is 9.17. The molecule has 0 atom stereocenters. The van der Waals surface area contributed by atoms with E-state index in [4.69, 9.17) is 4.99 Å². The average Bonchev–Trinajstić information content (AvgIpc) is 3.00. The number of hydrogen-bond acceptors (Lipinski definition) is 4. The number of likely N-dealkylation sites (N-methyl/N-ethyl adjacent to an activating group) is 1. The summed E-state index contributed by atoms with van der Waals surface area (Å²) in [6.07, 6.45) is 6.53. The molecule has 1 aromatic rings. The van der Waals surface area contributed by atoms with Gasteiger partial charge in [0.15, 0.2) is 5.96 Å². The molecule has 2 aliphatic heterocycles. The molecule has 0 radical (unpaired) electrons. The minimum Gasteiger partial charge on any atom is -0.357 e. The number of nitrogens with one attached hydrogen (secondary N) is 2. The van der Waals surface area contributed by atoms with Gasteiger partial charge in [0.1, 0.15) is 0 Å². The lowest BCUT2D eigenvalue weighted by atomic mass is 10.1. The van der Waals surface area contributed by atoms with Gasteiger partial charge in [-0.05, 0) is 83.5 Å². The number of rotatable bonds is 9. The summed E-state index contributed by atoms with van der Waals surface area (Å²) in [5, 5.41) is 6.90. The molecule has 2 aliphatic rings. The van der Waals surface area contributed by atoms with Crippen molar-refractivity contribution in [2.75, 3.05) is 66.0 Å². The van der Waals surface area contributed by atoms with Crippen molar-refractivity contribution in [3.8, 4) is 0 Å². The first-order valence-electron chi connectivity index (χ1n) is 12.5. The highest BCUT2D eigenvalue weighted by atomic mass is 15.2. The first kappa shape index (κ1) is 24.0.